The van der Waals surface area contributed by atoms with Crippen LogP contribution in [0.2, 0.25) is 0 Å². The van der Waals surface area contributed by atoms with Gasteiger partial charge in [0.05, 0.1) is 0 Å². The Balaban J connectivity index is 0.00000242. The van der Waals surface area contributed by atoms with E-state index in [0.29, 0.717) is 5.96 Å². The van der Waals surface area contributed by atoms with E-state index in [2.05, 4.69) is 15.6 Å². The van der Waals surface area contributed by atoms with Crippen molar-refractivity contribution in [1.29, 1.82) is 0 Å². The molecule has 0 unspecified atom stereocenters. The molecule has 2 N–H and O–H groups in total. The summed E-state index contributed by atoms with van der Waals surface area (Å²) < 4.78 is 53.2. The minimum Gasteiger partial charge on any atom is -0.353 e. The summed E-state index contributed by atoms with van der Waals surface area (Å²) in [6.45, 7) is -0.411. The maximum atomic E-state index is 13.5. The summed E-state index contributed by atoms with van der Waals surface area (Å²) in [5.74, 6) is -5.34. The van der Waals surface area contributed by atoms with Crippen LogP contribution >= 0.6 is 24.0 Å². The number of aliphatic imine (C=N–C) groups is 1. The van der Waals surface area contributed by atoms with Crippen LogP contribution in [0.4, 0.5) is 17.6 Å². The molecule has 22 heavy (non-hydrogen) atoms. The van der Waals surface area contributed by atoms with Crippen LogP contribution in [0, 0.1) is 23.3 Å². The molecule has 0 spiro atoms. The number of rotatable bonds is 3. The first kappa shape index (κ1) is 18.7. The first-order valence-corrected chi connectivity index (χ1v) is 6.47. The summed E-state index contributed by atoms with van der Waals surface area (Å²) in [4.78, 5) is 3.91. The molecule has 3 nitrogen and oxygen atoms in total. The molecule has 0 saturated heterocycles. The van der Waals surface area contributed by atoms with Crippen molar-refractivity contribution in [2.45, 2.75) is 25.4 Å². The lowest BCUT2D eigenvalue weighted by Crippen LogP contribution is -2.42. The van der Waals surface area contributed by atoms with Crippen LogP contribution in [-0.2, 0) is 6.54 Å². The van der Waals surface area contributed by atoms with Gasteiger partial charge in [0.25, 0.3) is 0 Å². The van der Waals surface area contributed by atoms with Crippen molar-refractivity contribution in [3.05, 3.63) is 47.1 Å². The number of nitrogens with zero attached hydrogens (tertiary/aromatic N) is 1. The Morgan fingerprint density at radius 1 is 1.14 bits per heavy atom. The number of guanidine groups is 1. The van der Waals surface area contributed by atoms with Crippen molar-refractivity contribution in [2.75, 3.05) is 7.05 Å². The van der Waals surface area contributed by atoms with Crippen LogP contribution in [-0.4, -0.2) is 19.0 Å². The van der Waals surface area contributed by atoms with E-state index in [-0.39, 0.29) is 36.1 Å². The van der Waals surface area contributed by atoms with E-state index in [9.17, 15) is 17.6 Å². The van der Waals surface area contributed by atoms with Gasteiger partial charge in [-0.3, -0.25) is 4.99 Å². The highest BCUT2D eigenvalue weighted by Crippen LogP contribution is 2.19. The molecular weight excluding hydrogens is 413 g/mol. The summed E-state index contributed by atoms with van der Waals surface area (Å²) >= 11 is 0. The Labute approximate surface area is 142 Å². The average Bonchev–Trinajstić information content (AvgIpc) is 2.96. The van der Waals surface area contributed by atoms with E-state index in [1.54, 1.807) is 0 Å². The number of halogens is 5. The molecule has 0 fully saturated rings. The van der Waals surface area contributed by atoms with Gasteiger partial charge in [-0.05, 0) is 12.8 Å². The minimum absolute atomic E-state index is 0. The highest BCUT2D eigenvalue weighted by atomic mass is 127. The molecule has 122 valence electrons. The fourth-order valence-corrected chi connectivity index (χ4v) is 2.07. The van der Waals surface area contributed by atoms with Crippen LogP contribution in [0.25, 0.3) is 0 Å². The van der Waals surface area contributed by atoms with E-state index < -0.39 is 35.4 Å². The third kappa shape index (κ3) is 4.34. The Morgan fingerprint density at radius 3 is 2.18 bits per heavy atom. The van der Waals surface area contributed by atoms with E-state index in [4.69, 9.17) is 0 Å². The predicted molar refractivity (Wildman–Crippen MR) is 87.2 cm³/mol. The first-order valence-electron chi connectivity index (χ1n) is 6.47. The van der Waals surface area contributed by atoms with Gasteiger partial charge >= 0.3 is 0 Å². The topological polar surface area (TPSA) is 36.4 Å². The summed E-state index contributed by atoms with van der Waals surface area (Å²) in [5.41, 5.74) is -0.694. The van der Waals surface area contributed by atoms with Gasteiger partial charge in [-0.15, -0.1) is 24.0 Å². The normalized spacial score (nSPS) is 14.9. The van der Waals surface area contributed by atoms with E-state index in [1.807, 2.05) is 12.2 Å². The van der Waals surface area contributed by atoms with Gasteiger partial charge in [-0.2, -0.15) is 0 Å². The van der Waals surface area contributed by atoms with E-state index in [0.717, 1.165) is 12.8 Å². The zero-order chi connectivity index (χ0) is 15.4. The van der Waals surface area contributed by atoms with Crippen LogP contribution in [0.1, 0.15) is 18.4 Å². The molecule has 1 aliphatic carbocycles. The molecule has 0 amide bonds. The van der Waals surface area contributed by atoms with Crippen molar-refractivity contribution >= 4 is 29.9 Å². The van der Waals surface area contributed by atoms with Crippen molar-refractivity contribution < 1.29 is 17.6 Å². The van der Waals surface area contributed by atoms with E-state index >= 15 is 0 Å². The lowest BCUT2D eigenvalue weighted by atomic mass is 10.2. The fraction of sp³-hybridized carbons (Fsp3) is 0.357. The summed E-state index contributed by atoms with van der Waals surface area (Å²) in [5, 5.41) is 5.69. The maximum absolute atomic E-state index is 13.5. The molecule has 0 aliphatic heterocycles. The lowest BCUT2D eigenvalue weighted by molar-refractivity contribution is 0.436. The highest BCUT2D eigenvalue weighted by Gasteiger charge is 2.19. The monoisotopic (exact) mass is 429 g/mol. The molecule has 1 aromatic rings. The Bertz CT molecular complexity index is 556. The summed E-state index contributed by atoms with van der Waals surface area (Å²) in [6, 6.07) is 0.334. The Kier molecular flexibility index (Phi) is 7.11. The standard InChI is InChI=1S/C14H15F4N3.HI/c1-19-14(21-8-4-2-3-5-8)20-7-9-12(17)10(15)6-11(16)13(9)18;/h2-3,6,8H,4-5,7H2,1H3,(H2,19,20,21);1H. The molecule has 0 atom stereocenters. The summed E-state index contributed by atoms with van der Waals surface area (Å²) in [6.07, 6.45) is 5.65. The zero-order valence-corrected chi connectivity index (χ0v) is 14.1. The molecule has 0 saturated carbocycles. The number of nitrogens with one attached hydrogen (secondary N) is 2. The van der Waals surface area contributed by atoms with Crippen LogP contribution in [0.5, 0.6) is 0 Å². The molecule has 0 radical (unpaired) electrons. The van der Waals surface area contributed by atoms with Gasteiger partial charge in [-0.1, -0.05) is 12.2 Å². The van der Waals surface area contributed by atoms with E-state index in [1.165, 1.54) is 7.05 Å². The second-order valence-corrected chi connectivity index (χ2v) is 4.66. The van der Waals surface area contributed by atoms with Crippen LogP contribution in [0.3, 0.4) is 0 Å². The molecule has 1 aromatic carbocycles. The van der Waals surface area contributed by atoms with Crippen LogP contribution < -0.4 is 10.6 Å². The SMILES string of the molecule is CN=C(NCc1c(F)c(F)cc(F)c1F)NC1CC=CC1.I. The van der Waals surface area contributed by atoms with Gasteiger partial charge in [0.15, 0.2) is 29.2 Å². The average molecular weight is 429 g/mol. The molecule has 2 rings (SSSR count). The van der Waals surface area contributed by atoms with Gasteiger partial charge < -0.3 is 10.6 Å². The quantitative estimate of drug-likeness (QED) is 0.193. The number of hydrogen-bond donors (Lipinski definition) is 2. The molecule has 8 heteroatoms. The molecule has 0 aromatic heterocycles. The van der Waals surface area contributed by atoms with Crippen LogP contribution in [0.15, 0.2) is 23.2 Å². The van der Waals surface area contributed by atoms with Gasteiger partial charge in [-0.25, -0.2) is 17.6 Å². The van der Waals surface area contributed by atoms with Crippen molar-refractivity contribution in [3.63, 3.8) is 0 Å². The second kappa shape index (κ2) is 8.35. The van der Waals surface area contributed by atoms with Gasteiger partial charge in [0.2, 0.25) is 0 Å². The minimum atomic E-state index is -1.42. The Hall–Kier alpha value is -1.32. The van der Waals surface area contributed by atoms with Gasteiger partial charge in [0.1, 0.15) is 0 Å². The Morgan fingerprint density at radius 2 is 1.68 bits per heavy atom. The van der Waals surface area contributed by atoms with Crippen molar-refractivity contribution in [1.82, 2.24) is 10.6 Å². The summed E-state index contributed by atoms with van der Waals surface area (Å²) in [7, 11) is 1.50. The largest absolute Gasteiger partial charge is 0.353 e. The number of benzene rings is 1. The molecule has 1 aliphatic rings. The zero-order valence-electron chi connectivity index (χ0n) is 11.8. The molecule has 0 heterocycles. The predicted octanol–water partition coefficient (Wildman–Crippen LogP) is 3.24. The highest BCUT2D eigenvalue weighted by molar-refractivity contribution is 14.0. The first-order chi connectivity index (χ1) is 10.0. The maximum Gasteiger partial charge on any atom is 0.191 e. The molecule has 0 bridgehead atoms. The molecular formula is C14H16F4IN3. The second-order valence-electron chi connectivity index (χ2n) is 4.66. The lowest BCUT2D eigenvalue weighted by Gasteiger charge is -2.17. The number of hydrogen-bond acceptors (Lipinski definition) is 1. The van der Waals surface area contributed by atoms with Crippen molar-refractivity contribution in [3.8, 4) is 0 Å². The third-order valence-electron chi connectivity index (χ3n) is 3.21. The van der Waals surface area contributed by atoms with Crippen molar-refractivity contribution in [2.24, 2.45) is 4.99 Å². The van der Waals surface area contributed by atoms with Gasteiger partial charge in [0, 0.05) is 31.3 Å². The third-order valence-corrected chi connectivity index (χ3v) is 3.21. The fourth-order valence-electron chi connectivity index (χ4n) is 2.07. The smallest absolute Gasteiger partial charge is 0.191 e.